The Hall–Kier alpha value is -1.73. The van der Waals surface area contributed by atoms with Gasteiger partial charge in [-0.3, -0.25) is 9.48 Å². The van der Waals surface area contributed by atoms with Gasteiger partial charge in [-0.15, -0.1) is 0 Å². The molecule has 2 aliphatic heterocycles. The molecule has 0 aromatic carbocycles. The highest BCUT2D eigenvalue weighted by Crippen LogP contribution is 2.21. The second-order valence-corrected chi connectivity index (χ2v) is 4.51. The number of aliphatic hydroxyl groups excluding tert-OH is 1. The van der Waals surface area contributed by atoms with Crippen molar-refractivity contribution in [3.05, 3.63) is 17.0 Å². The summed E-state index contributed by atoms with van der Waals surface area (Å²) in [4.78, 5) is 12.3. The quantitative estimate of drug-likeness (QED) is 0.666. The van der Waals surface area contributed by atoms with Crippen LogP contribution in [0.3, 0.4) is 0 Å². The second-order valence-electron chi connectivity index (χ2n) is 4.51. The third kappa shape index (κ3) is 1.63. The van der Waals surface area contributed by atoms with E-state index in [4.69, 9.17) is 0 Å². The van der Waals surface area contributed by atoms with Gasteiger partial charge < -0.3 is 10.4 Å². The fourth-order valence-electron chi connectivity index (χ4n) is 2.41. The van der Waals surface area contributed by atoms with Crippen molar-refractivity contribution in [1.29, 1.82) is 0 Å². The van der Waals surface area contributed by atoms with Gasteiger partial charge in [0.2, 0.25) is 0 Å². The van der Waals surface area contributed by atoms with Gasteiger partial charge in [0.25, 0.3) is 5.91 Å². The van der Waals surface area contributed by atoms with Crippen LogP contribution in [0.2, 0.25) is 0 Å². The van der Waals surface area contributed by atoms with E-state index < -0.39 is 0 Å². The van der Waals surface area contributed by atoms with Crippen LogP contribution in [-0.2, 0) is 19.5 Å². The van der Waals surface area contributed by atoms with Gasteiger partial charge >= 0.3 is 0 Å². The largest absolute Gasteiger partial charge is 0.390 e. The molecule has 18 heavy (non-hydrogen) atoms. The minimum absolute atomic E-state index is 0.167. The minimum Gasteiger partial charge on any atom is -0.390 e. The van der Waals surface area contributed by atoms with Crippen molar-refractivity contribution in [3.8, 4) is 0 Å². The molecule has 7 nitrogen and oxygen atoms in total. The maximum atomic E-state index is 12.3. The number of hydrazone groups is 1. The van der Waals surface area contributed by atoms with Crippen LogP contribution in [0.1, 0.15) is 21.7 Å². The molecule has 0 fully saturated rings. The third-order valence-electron chi connectivity index (χ3n) is 3.28. The van der Waals surface area contributed by atoms with Gasteiger partial charge in [0.1, 0.15) is 5.69 Å². The predicted octanol–water partition coefficient (Wildman–Crippen LogP) is -1.04. The number of carbonyl (C=O) groups is 1. The summed E-state index contributed by atoms with van der Waals surface area (Å²) in [5.74, 6) is -0.170. The van der Waals surface area contributed by atoms with Crippen LogP contribution in [0.15, 0.2) is 5.10 Å². The van der Waals surface area contributed by atoms with E-state index >= 15 is 0 Å². The Morgan fingerprint density at radius 1 is 1.50 bits per heavy atom. The first kappa shape index (κ1) is 11.4. The molecule has 1 aromatic heterocycles. The van der Waals surface area contributed by atoms with Crippen molar-refractivity contribution >= 4 is 11.6 Å². The Labute approximate surface area is 104 Å². The number of hydrogen-bond acceptors (Lipinski definition) is 5. The number of nitrogens with one attached hydrogen (secondary N) is 1. The van der Waals surface area contributed by atoms with Gasteiger partial charge in [0.15, 0.2) is 0 Å². The van der Waals surface area contributed by atoms with E-state index in [1.54, 1.807) is 11.7 Å². The van der Waals surface area contributed by atoms with Gasteiger partial charge in [0.05, 0.1) is 24.6 Å². The SMILES string of the molecule is CN1N=C(CO)Cn2nc3c(c2C1=O)CNCC3. The summed E-state index contributed by atoms with van der Waals surface area (Å²) in [6.45, 7) is 1.75. The van der Waals surface area contributed by atoms with Crippen LogP contribution in [0, 0.1) is 0 Å². The third-order valence-corrected chi connectivity index (χ3v) is 3.28. The van der Waals surface area contributed by atoms with Crippen LogP contribution in [0.25, 0.3) is 0 Å². The first-order chi connectivity index (χ1) is 8.70. The van der Waals surface area contributed by atoms with E-state index in [1.165, 1.54) is 5.01 Å². The van der Waals surface area contributed by atoms with E-state index in [9.17, 15) is 9.90 Å². The van der Waals surface area contributed by atoms with Crippen molar-refractivity contribution in [2.45, 2.75) is 19.5 Å². The van der Waals surface area contributed by atoms with E-state index in [2.05, 4.69) is 15.5 Å². The zero-order valence-corrected chi connectivity index (χ0v) is 10.2. The molecule has 7 heteroatoms. The van der Waals surface area contributed by atoms with Crippen LogP contribution in [0.5, 0.6) is 0 Å². The summed E-state index contributed by atoms with van der Waals surface area (Å²) in [6.07, 6.45) is 0.831. The summed E-state index contributed by atoms with van der Waals surface area (Å²) < 4.78 is 1.67. The first-order valence-corrected chi connectivity index (χ1v) is 5.95. The second kappa shape index (κ2) is 4.18. The molecule has 2 aliphatic rings. The average Bonchev–Trinajstić information content (AvgIpc) is 2.69. The molecule has 0 aliphatic carbocycles. The summed E-state index contributed by atoms with van der Waals surface area (Å²) >= 11 is 0. The number of amides is 1. The maximum Gasteiger partial charge on any atom is 0.292 e. The molecule has 2 N–H and O–H groups in total. The lowest BCUT2D eigenvalue weighted by molar-refractivity contribution is 0.0791. The van der Waals surface area contributed by atoms with E-state index in [0.717, 1.165) is 24.2 Å². The molecule has 0 saturated carbocycles. The molecule has 1 amide bonds. The molecule has 0 unspecified atom stereocenters. The monoisotopic (exact) mass is 249 g/mol. The zero-order valence-electron chi connectivity index (χ0n) is 10.2. The Morgan fingerprint density at radius 2 is 2.33 bits per heavy atom. The molecule has 3 rings (SSSR count). The molecule has 1 aromatic rings. The standard InChI is InChI=1S/C11H15N5O2/c1-15-11(18)10-8-4-12-3-2-9(8)14-16(10)5-7(6-17)13-15/h12,17H,2-6H2,1H3. The fourth-order valence-corrected chi connectivity index (χ4v) is 2.41. The van der Waals surface area contributed by atoms with E-state index in [0.29, 0.717) is 24.5 Å². The highest BCUT2D eigenvalue weighted by molar-refractivity contribution is 5.97. The Balaban J connectivity index is 2.12. The Kier molecular flexibility index (Phi) is 2.64. The predicted molar refractivity (Wildman–Crippen MR) is 64.3 cm³/mol. The molecular formula is C11H15N5O2. The normalized spacial score (nSPS) is 19.1. The van der Waals surface area contributed by atoms with Crippen molar-refractivity contribution < 1.29 is 9.90 Å². The van der Waals surface area contributed by atoms with E-state index in [-0.39, 0.29) is 12.5 Å². The minimum atomic E-state index is -0.170. The fraction of sp³-hybridized carbons (Fsp3) is 0.545. The molecule has 96 valence electrons. The molecular weight excluding hydrogens is 234 g/mol. The molecule has 0 radical (unpaired) electrons. The maximum absolute atomic E-state index is 12.3. The Morgan fingerprint density at radius 3 is 3.11 bits per heavy atom. The number of carbonyl (C=O) groups excluding carboxylic acids is 1. The smallest absolute Gasteiger partial charge is 0.292 e. The number of rotatable bonds is 1. The highest BCUT2D eigenvalue weighted by atomic mass is 16.3. The van der Waals surface area contributed by atoms with Gasteiger partial charge in [-0.05, 0) is 0 Å². The molecule has 0 atom stereocenters. The molecule has 0 saturated heterocycles. The number of nitrogens with zero attached hydrogens (tertiary/aromatic N) is 4. The Bertz CT molecular complexity index is 534. The first-order valence-electron chi connectivity index (χ1n) is 5.95. The van der Waals surface area contributed by atoms with Crippen molar-refractivity contribution in [2.75, 3.05) is 20.2 Å². The summed E-state index contributed by atoms with van der Waals surface area (Å²) in [5, 5.41) is 22.3. The molecule has 0 spiro atoms. The summed E-state index contributed by atoms with van der Waals surface area (Å²) in [5.41, 5.74) is 3.07. The molecule has 3 heterocycles. The van der Waals surface area contributed by atoms with Crippen molar-refractivity contribution in [1.82, 2.24) is 20.1 Å². The lowest BCUT2D eigenvalue weighted by atomic mass is 10.1. The van der Waals surface area contributed by atoms with E-state index in [1.807, 2.05) is 0 Å². The molecule has 0 bridgehead atoms. The van der Waals surface area contributed by atoms with Gasteiger partial charge in [-0.25, -0.2) is 5.01 Å². The topological polar surface area (TPSA) is 82.8 Å². The van der Waals surface area contributed by atoms with Gasteiger partial charge in [-0.1, -0.05) is 0 Å². The number of fused-ring (bicyclic) bond motifs is 3. The highest BCUT2D eigenvalue weighted by Gasteiger charge is 2.29. The van der Waals surface area contributed by atoms with Crippen molar-refractivity contribution in [3.63, 3.8) is 0 Å². The van der Waals surface area contributed by atoms with Crippen LogP contribution < -0.4 is 5.32 Å². The zero-order chi connectivity index (χ0) is 12.7. The average molecular weight is 249 g/mol. The van der Waals surface area contributed by atoms with Crippen molar-refractivity contribution in [2.24, 2.45) is 5.10 Å². The van der Waals surface area contributed by atoms with Crippen LogP contribution in [0.4, 0.5) is 0 Å². The summed E-state index contributed by atoms with van der Waals surface area (Å²) in [7, 11) is 1.60. The lowest BCUT2D eigenvalue weighted by Crippen LogP contribution is -2.27. The number of aliphatic hydroxyl groups is 1. The summed E-state index contributed by atoms with van der Waals surface area (Å²) in [6, 6.07) is 0. The number of hydrogen-bond donors (Lipinski definition) is 2. The van der Waals surface area contributed by atoms with Crippen LogP contribution >= 0.6 is 0 Å². The lowest BCUT2D eigenvalue weighted by Gasteiger charge is -2.14. The van der Waals surface area contributed by atoms with Gasteiger partial charge in [-0.2, -0.15) is 10.2 Å². The van der Waals surface area contributed by atoms with Crippen LogP contribution in [-0.4, -0.2) is 51.7 Å². The number of aromatic nitrogens is 2. The van der Waals surface area contributed by atoms with Gasteiger partial charge in [0, 0.05) is 32.1 Å².